The molecule has 0 amide bonds. The summed E-state index contributed by atoms with van der Waals surface area (Å²) in [6.07, 6.45) is 0. The van der Waals surface area contributed by atoms with Crippen molar-refractivity contribution in [2.24, 2.45) is 0 Å². The van der Waals surface area contributed by atoms with E-state index in [9.17, 15) is 4.79 Å². The highest BCUT2D eigenvalue weighted by Gasteiger charge is 2.09. The molecule has 0 fully saturated rings. The zero-order valence-electron chi connectivity index (χ0n) is 12.1. The van der Waals surface area contributed by atoms with Gasteiger partial charge in [0, 0.05) is 18.0 Å². The van der Waals surface area contributed by atoms with Gasteiger partial charge >= 0.3 is 5.69 Å². The van der Waals surface area contributed by atoms with Crippen LogP contribution in [0.25, 0.3) is 33.2 Å². The minimum atomic E-state index is -0.262. The number of nitrogens with one attached hydrogen (secondary N) is 3. The zero-order chi connectivity index (χ0) is 16.0. The van der Waals surface area contributed by atoms with E-state index in [1.165, 1.54) is 0 Å². The van der Waals surface area contributed by atoms with Gasteiger partial charge < -0.3 is 10.3 Å². The van der Waals surface area contributed by atoms with Crippen LogP contribution in [0.2, 0.25) is 5.15 Å². The molecule has 0 saturated carbocycles. The maximum atomic E-state index is 11.4. The summed E-state index contributed by atoms with van der Waals surface area (Å²) in [6, 6.07) is 11.5. The van der Waals surface area contributed by atoms with Crippen molar-refractivity contribution in [3.63, 3.8) is 0 Å². The molecule has 4 rings (SSSR count). The summed E-state index contributed by atoms with van der Waals surface area (Å²) in [5, 5.41) is 4.42. The van der Waals surface area contributed by atoms with Crippen LogP contribution in [-0.4, -0.2) is 27.0 Å². The van der Waals surface area contributed by atoms with Gasteiger partial charge in [-0.15, -0.1) is 0 Å². The number of rotatable bonds is 2. The lowest BCUT2D eigenvalue weighted by Crippen LogP contribution is -1.99. The van der Waals surface area contributed by atoms with Crippen molar-refractivity contribution >= 4 is 39.5 Å². The summed E-state index contributed by atoms with van der Waals surface area (Å²) >= 11 is 5.95. The molecule has 0 unspecified atom stereocenters. The Morgan fingerprint density at radius 1 is 1.09 bits per heavy atom. The molecule has 0 spiro atoms. The van der Waals surface area contributed by atoms with Crippen molar-refractivity contribution in [2.75, 3.05) is 12.4 Å². The topological polar surface area (TPSA) is 86.5 Å². The summed E-state index contributed by atoms with van der Waals surface area (Å²) in [5.74, 6) is 0.709. The van der Waals surface area contributed by atoms with Crippen LogP contribution < -0.4 is 11.0 Å². The van der Waals surface area contributed by atoms with Crippen molar-refractivity contribution in [3.05, 3.63) is 52.0 Å². The van der Waals surface area contributed by atoms with Crippen molar-refractivity contribution < 1.29 is 0 Å². The second-order valence-corrected chi connectivity index (χ2v) is 5.54. The van der Waals surface area contributed by atoms with Gasteiger partial charge in [-0.05, 0) is 35.9 Å². The van der Waals surface area contributed by atoms with E-state index in [4.69, 9.17) is 11.6 Å². The number of halogens is 1. The van der Waals surface area contributed by atoms with Crippen molar-refractivity contribution in [1.82, 2.24) is 19.9 Å². The molecule has 0 atom stereocenters. The summed E-state index contributed by atoms with van der Waals surface area (Å²) in [5.41, 5.74) is 3.72. The lowest BCUT2D eigenvalue weighted by molar-refractivity contribution is 1.20. The number of aromatic amines is 2. The van der Waals surface area contributed by atoms with Gasteiger partial charge in [-0.1, -0.05) is 17.7 Å². The SMILES string of the molecule is CNc1nc(Cl)ccc1-c1ccc2nc3[nH]c(=O)[nH]c3cc2c1. The number of anilines is 1. The number of pyridine rings is 2. The van der Waals surface area contributed by atoms with Crippen LogP contribution in [0.4, 0.5) is 5.82 Å². The van der Waals surface area contributed by atoms with Crippen LogP contribution in [-0.2, 0) is 0 Å². The van der Waals surface area contributed by atoms with Gasteiger partial charge in [0.25, 0.3) is 0 Å². The van der Waals surface area contributed by atoms with Gasteiger partial charge in [0.1, 0.15) is 11.0 Å². The molecule has 0 bridgehead atoms. The minimum absolute atomic E-state index is 0.262. The largest absolute Gasteiger partial charge is 0.373 e. The first-order valence-electron chi connectivity index (χ1n) is 7.01. The lowest BCUT2D eigenvalue weighted by atomic mass is 10.0. The molecule has 6 nitrogen and oxygen atoms in total. The fraction of sp³-hybridized carbons (Fsp3) is 0.0625. The van der Waals surface area contributed by atoms with E-state index in [1.54, 1.807) is 13.1 Å². The Kier molecular flexibility index (Phi) is 3.06. The van der Waals surface area contributed by atoms with E-state index in [1.807, 2.05) is 30.3 Å². The number of hydrogen-bond donors (Lipinski definition) is 3. The van der Waals surface area contributed by atoms with Crippen LogP contribution >= 0.6 is 11.6 Å². The molecule has 114 valence electrons. The fourth-order valence-electron chi connectivity index (χ4n) is 2.65. The van der Waals surface area contributed by atoms with E-state index >= 15 is 0 Å². The highest BCUT2D eigenvalue weighted by atomic mass is 35.5. The maximum Gasteiger partial charge on any atom is 0.325 e. The molecule has 1 aromatic carbocycles. The second-order valence-electron chi connectivity index (χ2n) is 5.15. The summed E-state index contributed by atoms with van der Waals surface area (Å²) < 4.78 is 0. The number of benzene rings is 1. The smallest absolute Gasteiger partial charge is 0.325 e. The molecule has 0 aliphatic carbocycles. The zero-order valence-corrected chi connectivity index (χ0v) is 12.9. The van der Waals surface area contributed by atoms with E-state index in [0.717, 1.165) is 22.0 Å². The van der Waals surface area contributed by atoms with Gasteiger partial charge in [0.2, 0.25) is 0 Å². The Morgan fingerprint density at radius 2 is 1.96 bits per heavy atom. The highest BCUT2D eigenvalue weighted by molar-refractivity contribution is 6.29. The summed E-state index contributed by atoms with van der Waals surface area (Å²) in [4.78, 5) is 25.5. The monoisotopic (exact) mass is 325 g/mol. The predicted octanol–water partition coefficient (Wildman–Crippen LogP) is 3.16. The van der Waals surface area contributed by atoms with Crippen LogP contribution in [0.15, 0.2) is 41.2 Å². The fourth-order valence-corrected chi connectivity index (χ4v) is 2.80. The number of H-pyrrole nitrogens is 2. The quantitative estimate of drug-likeness (QED) is 0.494. The Hall–Kier alpha value is -2.86. The molecular weight excluding hydrogens is 314 g/mol. The molecule has 3 N–H and O–H groups in total. The van der Waals surface area contributed by atoms with E-state index in [0.29, 0.717) is 22.1 Å². The van der Waals surface area contributed by atoms with E-state index < -0.39 is 0 Å². The Bertz CT molecular complexity index is 1100. The number of hydrogen-bond acceptors (Lipinski definition) is 4. The highest BCUT2D eigenvalue weighted by Crippen LogP contribution is 2.30. The molecule has 23 heavy (non-hydrogen) atoms. The third-order valence-corrected chi connectivity index (χ3v) is 3.91. The second kappa shape index (κ2) is 5.10. The van der Waals surface area contributed by atoms with Gasteiger partial charge in [-0.2, -0.15) is 0 Å². The first kappa shape index (κ1) is 13.8. The standard InChI is InChI=1S/C16H12ClN5O/c1-18-14-10(3-5-13(17)21-14)8-2-4-11-9(6-8)7-12-15(19-11)22-16(23)20-12/h2-7H,1H3,(H,18,21)(H2,19,20,22,23). The van der Waals surface area contributed by atoms with Crippen LogP contribution in [0, 0.1) is 0 Å². The minimum Gasteiger partial charge on any atom is -0.373 e. The summed E-state index contributed by atoms with van der Waals surface area (Å²) in [6.45, 7) is 0. The Labute approximate surface area is 135 Å². The van der Waals surface area contributed by atoms with Gasteiger partial charge in [-0.3, -0.25) is 4.98 Å². The first-order valence-corrected chi connectivity index (χ1v) is 7.39. The van der Waals surface area contributed by atoms with E-state index in [-0.39, 0.29) is 5.69 Å². The van der Waals surface area contributed by atoms with E-state index in [2.05, 4.69) is 25.3 Å². The molecule has 3 heterocycles. The molecule has 3 aromatic heterocycles. The van der Waals surface area contributed by atoms with Crippen molar-refractivity contribution in [3.8, 4) is 11.1 Å². The molecule has 0 aliphatic rings. The predicted molar refractivity (Wildman–Crippen MR) is 92.0 cm³/mol. The molecule has 0 aliphatic heterocycles. The third kappa shape index (κ3) is 2.33. The third-order valence-electron chi connectivity index (χ3n) is 3.70. The van der Waals surface area contributed by atoms with Crippen molar-refractivity contribution in [1.29, 1.82) is 0 Å². The summed E-state index contributed by atoms with van der Waals surface area (Å²) in [7, 11) is 1.80. The van der Waals surface area contributed by atoms with Gasteiger partial charge in [-0.25, -0.2) is 14.8 Å². The molecule has 0 saturated heterocycles. The Morgan fingerprint density at radius 3 is 2.78 bits per heavy atom. The number of fused-ring (bicyclic) bond motifs is 2. The molecule has 4 aromatic rings. The number of imidazole rings is 1. The molecule has 0 radical (unpaired) electrons. The number of nitrogens with zero attached hydrogens (tertiary/aromatic N) is 2. The molecule has 7 heteroatoms. The van der Waals surface area contributed by atoms with Crippen molar-refractivity contribution in [2.45, 2.75) is 0 Å². The van der Waals surface area contributed by atoms with Gasteiger partial charge in [0.05, 0.1) is 11.0 Å². The average molecular weight is 326 g/mol. The Balaban J connectivity index is 1.94. The molecular formula is C16H12ClN5O. The lowest BCUT2D eigenvalue weighted by Gasteiger charge is -2.09. The van der Waals surface area contributed by atoms with Crippen LogP contribution in [0.1, 0.15) is 0 Å². The first-order chi connectivity index (χ1) is 11.1. The van der Waals surface area contributed by atoms with Crippen LogP contribution in [0.3, 0.4) is 0 Å². The van der Waals surface area contributed by atoms with Crippen LogP contribution in [0.5, 0.6) is 0 Å². The number of aromatic nitrogens is 4. The van der Waals surface area contributed by atoms with Gasteiger partial charge in [0.15, 0.2) is 5.65 Å². The normalized spacial score (nSPS) is 11.2. The maximum absolute atomic E-state index is 11.4. The average Bonchev–Trinajstić information content (AvgIpc) is 2.90.